The Bertz CT molecular complexity index is 487. The molecule has 0 saturated heterocycles. The van der Waals surface area contributed by atoms with Gasteiger partial charge in [-0.2, -0.15) is 0 Å². The number of aliphatic carboxylic acids is 1. The quantitative estimate of drug-likeness (QED) is 0.800. The molecule has 0 heterocycles. The first-order valence-corrected chi connectivity index (χ1v) is 7.16. The molecule has 5 heteroatoms. The molecule has 0 aliphatic rings. The zero-order valence-electron chi connectivity index (χ0n) is 12.8. The number of hydrogen-bond donors (Lipinski definition) is 1. The van der Waals surface area contributed by atoms with Gasteiger partial charge in [0.1, 0.15) is 5.75 Å². The minimum Gasteiger partial charge on any atom is -0.496 e. The molecule has 0 aliphatic carbocycles. The number of nitrogens with zero attached hydrogens (tertiary/aromatic N) is 1. The highest BCUT2D eigenvalue weighted by Crippen LogP contribution is 2.20. The number of carboxylic acid groups (broad SMARTS) is 1. The first-order valence-electron chi connectivity index (χ1n) is 7.16. The van der Waals surface area contributed by atoms with Crippen LogP contribution in [-0.4, -0.2) is 42.1 Å². The van der Waals surface area contributed by atoms with Crippen LogP contribution in [0, 0.1) is 5.92 Å². The van der Waals surface area contributed by atoms with Crippen molar-refractivity contribution in [2.24, 2.45) is 5.92 Å². The first-order chi connectivity index (χ1) is 10.0. The van der Waals surface area contributed by atoms with Gasteiger partial charge in [-0.05, 0) is 18.6 Å². The van der Waals surface area contributed by atoms with Crippen LogP contribution in [0.4, 0.5) is 0 Å². The summed E-state index contributed by atoms with van der Waals surface area (Å²) in [6.07, 6.45) is 1.78. The fourth-order valence-corrected chi connectivity index (χ4v) is 2.03. The van der Waals surface area contributed by atoms with Crippen LogP contribution in [0.5, 0.6) is 5.75 Å². The van der Waals surface area contributed by atoms with Crippen molar-refractivity contribution in [3.8, 4) is 5.75 Å². The maximum Gasteiger partial charge on any atom is 0.308 e. The molecule has 1 rings (SSSR count). The number of benzene rings is 1. The molecular formula is C16H23NO4. The molecule has 1 N–H and O–H groups in total. The number of carboxylic acids is 1. The Morgan fingerprint density at radius 3 is 2.57 bits per heavy atom. The minimum absolute atomic E-state index is 0.186. The predicted octanol–water partition coefficient (Wildman–Crippen LogP) is 2.66. The molecule has 0 aromatic heterocycles. The van der Waals surface area contributed by atoms with Gasteiger partial charge in [0, 0.05) is 13.1 Å². The smallest absolute Gasteiger partial charge is 0.308 e. The molecule has 1 aromatic rings. The van der Waals surface area contributed by atoms with E-state index in [4.69, 9.17) is 9.84 Å². The fourth-order valence-electron chi connectivity index (χ4n) is 2.03. The molecule has 1 atom stereocenters. The topological polar surface area (TPSA) is 66.8 Å². The molecule has 0 aliphatic heterocycles. The van der Waals surface area contributed by atoms with E-state index in [1.807, 2.05) is 6.92 Å². The highest BCUT2D eigenvalue weighted by molar-refractivity contribution is 5.97. The van der Waals surface area contributed by atoms with E-state index in [1.165, 1.54) is 7.11 Å². The van der Waals surface area contributed by atoms with Crippen molar-refractivity contribution in [2.75, 3.05) is 20.2 Å². The molecule has 1 amide bonds. The van der Waals surface area contributed by atoms with E-state index in [1.54, 1.807) is 36.1 Å². The lowest BCUT2D eigenvalue weighted by molar-refractivity contribution is -0.141. The lowest BCUT2D eigenvalue weighted by atomic mass is 10.1. The summed E-state index contributed by atoms with van der Waals surface area (Å²) < 4.78 is 5.21. The van der Waals surface area contributed by atoms with Gasteiger partial charge in [-0.1, -0.05) is 32.4 Å². The van der Waals surface area contributed by atoms with E-state index >= 15 is 0 Å². The van der Waals surface area contributed by atoms with Gasteiger partial charge < -0.3 is 14.7 Å². The molecule has 0 bridgehead atoms. The second-order valence-electron chi connectivity index (χ2n) is 5.04. The van der Waals surface area contributed by atoms with E-state index < -0.39 is 11.9 Å². The molecule has 1 aromatic carbocycles. The molecule has 1 unspecified atom stereocenters. The van der Waals surface area contributed by atoms with Gasteiger partial charge >= 0.3 is 5.97 Å². The zero-order valence-corrected chi connectivity index (χ0v) is 12.8. The van der Waals surface area contributed by atoms with Gasteiger partial charge in [0.15, 0.2) is 0 Å². The summed E-state index contributed by atoms with van der Waals surface area (Å²) in [4.78, 5) is 25.3. The molecule has 0 saturated carbocycles. The fraction of sp³-hybridized carbons (Fsp3) is 0.500. The van der Waals surface area contributed by atoms with Crippen LogP contribution in [0.2, 0.25) is 0 Å². The second-order valence-corrected chi connectivity index (χ2v) is 5.04. The highest BCUT2D eigenvalue weighted by Gasteiger charge is 2.23. The zero-order chi connectivity index (χ0) is 15.8. The van der Waals surface area contributed by atoms with Crippen LogP contribution < -0.4 is 4.74 Å². The highest BCUT2D eigenvalue weighted by atomic mass is 16.5. The SMILES string of the molecule is CCCCN(CC(C)C(=O)O)C(=O)c1ccccc1OC. The summed E-state index contributed by atoms with van der Waals surface area (Å²) in [6.45, 7) is 4.39. The summed E-state index contributed by atoms with van der Waals surface area (Å²) in [5.74, 6) is -1.18. The number of carbonyl (C=O) groups excluding carboxylic acids is 1. The summed E-state index contributed by atoms with van der Waals surface area (Å²) in [5.41, 5.74) is 0.466. The molecule has 21 heavy (non-hydrogen) atoms. The van der Waals surface area contributed by atoms with Crippen molar-refractivity contribution in [3.05, 3.63) is 29.8 Å². The molecule has 0 spiro atoms. The maximum atomic E-state index is 12.6. The summed E-state index contributed by atoms with van der Waals surface area (Å²) in [6, 6.07) is 7.00. The van der Waals surface area contributed by atoms with Crippen molar-refractivity contribution in [1.29, 1.82) is 0 Å². The normalized spacial score (nSPS) is 11.8. The first kappa shape index (κ1) is 17.0. The summed E-state index contributed by atoms with van der Waals surface area (Å²) in [5, 5.41) is 9.05. The van der Waals surface area contributed by atoms with Gasteiger partial charge in [0.2, 0.25) is 0 Å². The standard InChI is InChI=1S/C16H23NO4/c1-4-5-10-17(11-12(2)16(19)20)15(18)13-8-6-7-9-14(13)21-3/h6-9,12H,4-5,10-11H2,1-3H3,(H,19,20). The summed E-state index contributed by atoms with van der Waals surface area (Å²) in [7, 11) is 1.52. The van der Waals surface area contributed by atoms with Crippen LogP contribution in [0.25, 0.3) is 0 Å². The van der Waals surface area contributed by atoms with Crippen molar-refractivity contribution in [1.82, 2.24) is 4.90 Å². The molecule has 0 fully saturated rings. The number of rotatable bonds is 8. The third-order valence-electron chi connectivity index (χ3n) is 3.32. The summed E-state index contributed by atoms with van der Waals surface area (Å²) >= 11 is 0. The molecule has 0 radical (unpaired) electrons. The van der Waals surface area contributed by atoms with Crippen LogP contribution >= 0.6 is 0 Å². The molecule has 116 valence electrons. The number of unbranched alkanes of at least 4 members (excludes halogenated alkanes) is 1. The number of methoxy groups -OCH3 is 1. The average Bonchev–Trinajstić information content (AvgIpc) is 2.50. The largest absolute Gasteiger partial charge is 0.496 e. The second kappa shape index (κ2) is 8.29. The number of carbonyl (C=O) groups is 2. The van der Waals surface area contributed by atoms with Crippen LogP contribution in [-0.2, 0) is 4.79 Å². The Balaban J connectivity index is 2.95. The van der Waals surface area contributed by atoms with E-state index in [-0.39, 0.29) is 12.5 Å². The van der Waals surface area contributed by atoms with Crippen LogP contribution in [0.3, 0.4) is 0 Å². The van der Waals surface area contributed by atoms with Crippen LogP contribution in [0.15, 0.2) is 24.3 Å². The van der Waals surface area contributed by atoms with E-state index in [2.05, 4.69) is 0 Å². The van der Waals surface area contributed by atoms with Crippen molar-refractivity contribution >= 4 is 11.9 Å². The number of para-hydroxylation sites is 1. The van der Waals surface area contributed by atoms with Crippen molar-refractivity contribution in [2.45, 2.75) is 26.7 Å². The van der Waals surface area contributed by atoms with Crippen LogP contribution in [0.1, 0.15) is 37.0 Å². The van der Waals surface area contributed by atoms with E-state index in [0.29, 0.717) is 17.9 Å². The maximum absolute atomic E-state index is 12.6. The van der Waals surface area contributed by atoms with Crippen molar-refractivity contribution in [3.63, 3.8) is 0 Å². The van der Waals surface area contributed by atoms with E-state index in [0.717, 1.165) is 12.8 Å². The number of amides is 1. The Kier molecular flexibility index (Phi) is 6.72. The van der Waals surface area contributed by atoms with Gasteiger partial charge in [0.25, 0.3) is 5.91 Å². The lowest BCUT2D eigenvalue weighted by Crippen LogP contribution is -2.37. The third kappa shape index (κ3) is 4.77. The van der Waals surface area contributed by atoms with Gasteiger partial charge in [-0.3, -0.25) is 9.59 Å². The number of hydrogen-bond acceptors (Lipinski definition) is 3. The minimum atomic E-state index is -0.899. The van der Waals surface area contributed by atoms with Crippen molar-refractivity contribution < 1.29 is 19.4 Å². The molecule has 5 nitrogen and oxygen atoms in total. The predicted molar refractivity (Wildman–Crippen MR) is 80.6 cm³/mol. The Morgan fingerprint density at radius 2 is 2.00 bits per heavy atom. The Labute approximate surface area is 125 Å². The Morgan fingerprint density at radius 1 is 1.33 bits per heavy atom. The Hall–Kier alpha value is -2.04. The monoisotopic (exact) mass is 293 g/mol. The average molecular weight is 293 g/mol. The number of ether oxygens (including phenoxy) is 1. The van der Waals surface area contributed by atoms with Gasteiger partial charge in [-0.15, -0.1) is 0 Å². The third-order valence-corrected chi connectivity index (χ3v) is 3.32. The van der Waals surface area contributed by atoms with Gasteiger partial charge in [-0.25, -0.2) is 0 Å². The molecular weight excluding hydrogens is 270 g/mol. The van der Waals surface area contributed by atoms with Gasteiger partial charge in [0.05, 0.1) is 18.6 Å². The van der Waals surface area contributed by atoms with E-state index in [9.17, 15) is 9.59 Å². The lowest BCUT2D eigenvalue weighted by Gasteiger charge is -2.25.